The van der Waals surface area contributed by atoms with Crippen LogP contribution in [0, 0.1) is 24.2 Å². The van der Waals surface area contributed by atoms with Crippen LogP contribution in [-0.2, 0) is 9.53 Å². The van der Waals surface area contributed by atoms with Crippen LogP contribution in [0.4, 0.5) is 17.3 Å². The van der Waals surface area contributed by atoms with Crippen LogP contribution in [0.15, 0.2) is 48.7 Å². The Kier molecular flexibility index (Phi) is 9.25. The highest BCUT2D eigenvalue weighted by atomic mass is 16.5. The van der Waals surface area contributed by atoms with E-state index in [0.717, 1.165) is 61.8 Å². The number of aryl methyl sites for hydroxylation is 1. The summed E-state index contributed by atoms with van der Waals surface area (Å²) < 4.78 is 11.5. The highest BCUT2D eigenvalue weighted by Gasteiger charge is 2.13. The van der Waals surface area contributed by atoms with Gasteiger partial charge in [0, 0.05) is 49.1 Å². The maximum absolute atomic E-state index is 12.1. The van der Waals surface area contributed by atoms with E-state index in [1.165, 1.54) is 0 Å². The van der Waals surface area contributed by atoms with Crippen LogP contribution in [0.25, 0.3) is 11.3 Å². The second kappa shape index (κ2) is 13.0. The molecule has 0 atom stereocenters. The van der Waals surface area contributed by atoms with Crippen LogP contribution in [0.5, 0.6) is 5.75 Å². The lowest BCUT2D eigenvalue weighted by atomic mass is 10.1. The van der Waals surface area contributed by atoms with Gasteiger partial charge in [-0.3, -0.25) is 9.69 Å². The first-order valence-corrected chi connectivity index (χ1v) is 12.9. The van der Waals surface area contributed by atoms with Crippen molar-refractivity contribution in [2.45, 2.75) is 27.2 Å². The number of aromatic nitrogens is 2. The lowest BCUT2D eigenvalue weighted by Crippen LogP contribution is -2.37. The maximum atomic E-state index is 12.1. The lowest BCUT2D eigenvalue weighted by Gasteiger charge is -2.26. The topological polar surface area (TPSA) is 112 Å². The quantitative estimate of drug-likeness (QED) is 0.372. The van der Waals surface area contributed by atoms with Crippen molar-refractivity contribution in [3.05, 3.63) is 59.8 Å². The Hall–Kier alpha value is -4.00. The molecule has 0 aliphatic carbocycles. The summed E-state index contributed by atoms with van der Waals surface area (Å²) in [6, 6.07) is 15.2. The predicted octanol–water partition coefficient (Wildman–Crippen LogP) is 4.76. The number of anilines is 3. The van der Waals surface area contributed by atoms with Crippen LogP contribution in [0.3, 0.4) is 0 Å². The van der Waals surface area contributed by atoms with E-state index in [-0.39, 0.29) is 11.8 Å². The van der Waals surface area contributed by atoms with E-state index in [9.17, 15) is 10.1 Å². The molecule has 198 valence electrons. The first-order valence-electron chi connectivity index (χ1n) is 12.9. The smallest absolute Gasteiger partial charge is 0.227 e. The molecule has 9 nitrogen and oxygen atoms in total. The third kappa shape index (κ3) is 7.28. The number of nitrogens with zero attached hydrogens (tertiary/aromatic N) is 4. The summed E-state index contributed by atoms with van der Waals surface area (Å²) in [7, 11) is 0. The van der Waals surface area contributed by atoms with Crippen LogP contribution in [0.2, 0.25) is 0 Å². The molecule has 0 unspecified atom stereocenters. The summed E-state index contributed by atoms with van der Waals surface area (Å²) in [5.74, 6) is 0.937. The Morgan fingerprint density at radius 1 is 1.18 bits per heavy atom. The van der Waals surface area contributed by atoms with Gasteiger partial charge < -0.3 is 20.1 Å². The average Bonchev–Trinajstić information content (AvgIpc) is 2.93. The Labute approximate surface area is 223 Å². The summed E-state index contributed by atoms with van der Waals surface area (Å²) in [6.45, 7) is 10.8. The van der Waals surface area contributed by atoms with Crippen molar-refractivity contribution >= 4 is 23.2 Å². The second-order valence-electron chi connectivity index (χ2n) is 9.54. The van der Waals surface area contributed by atoms with Gasteiger partial charge in [0.1, 0.15) is 11.8 Å². The Balaban J connectivity index is 1.41. The third-order valence-corrected chi connectivity index (χ3v) is 6.30. The summed E-state index contributed by atoms with van der Waals surface area (Å²) in [6.07, 6.45) is 2.62. The van der Waals surface area contributed by atoms with Gasteiger partial charge >= 0.3 is 0 Å². The molecule has 1 aromatic heterocycles. The first kappa shape index (κ1) is 27.0. The zero-order chi connectivity index (χ0) is 26.9. The molecular weight excluding hydrogens is 480 g/mol. The van der Waals surface area contributed by atoms with E-state index in [1.807, 2.05) is 31.2 Å². The van der Waals surface area contributed by atoms with Gasteiger partial charge in [0.05, 0.1) is 36.8 Å². The summed E-state index contributed by atoms with van der Waals surface area (Å²) in [5.41, 5.74) is 4.15. The summed E-state index contributed by atoms with van der Waals surface area (Å²) >= 11 is 0. The molecule has 1 amide bonds. The van der Waals surface area contributed by atoms with Crippen LogP contribution in [-0.4, -0.2) is 60.2 Å². The minimum Gasteiger partial charge on any atom is -0.493 e. The van der Waals surface area contributed by atoms with Gasteiger partial charge in [0.2, 0.25) is 11.9 Å². The highest BCUT2D eigenvalue weighted by Crippen LogP contribution is 2.27. The van der Waals surface area contributed by atoms with Crippen LogP contribution >= 0.6 is 0 Å². The number of ether oxygens (including phenoxy) is 2. The molecule has 1 aliphatic heterocycles. The van der Waals surface area contributed by atoms with Crippen molar-refractivity contribution in [3.8, 4) is 23.1 Å². The van der Waals surface area contributed by atoms with E-state index < -0.39 is 0 Å². The van der Waals surface area contributed by atoms with Gasteiger partial charge in [-0.05, 0) is 43.2 Å². The molecule has 0 bridgehead atoms. The van der Waals surface area contributed by atoms with Gasteiger partial charge in [-0.25, -0.2) is 9.97 Å². The molecule has 3 aromatic rings. The second-order valence-corrected chi connectivity index (χ2v) is 9.54. The number of nitriles is 1. The van der Waals surface area contributed by atoms with E-state index in [0.29, 0.717) is 29.5 Å². The number of carbonyl (C=O) groups is 1. The SMILES string of the molecule is Cc1ccc(Nc2nccc(-c3ccc(NC(=O)C(C)C)c(C#N)c3)n2)cc1OCCCN1CCOCC1. The normalized spacial score (nSPS) is 13.7. The molecule has 2 N–H and O–H groups in total. The predicted molar refractivity (Wildman–Crippen MR) is 147 cm³/mol. The summed E-state index contributed by atoms with van der Waals surface area (Å²) in [5, 5.41) is 15.7. The van der Waals surface area contributed by atoms with Crippen molar-refractivity contribution in [1.29, 1.82) is 5.26 Å². The van der Waals surface area contributed by atoms with Crippen LogP contribution in [0.1, 0.15) is 31.4 Å². The van der Waals surface area contributed by atoms with E-state index in [4.69, 9.17) is 9.47 Å². The van der Waals surface area contributed by atoms with Crippen LogP contribution < -0.4 is 15.4 Å². The number of amides is 1. The largest absolute Gasteiger partial charge is 0.493 e. The molecule has 1 fully saturated rings. The molecule has 0 saturated carbocycles. The Morgan fingerprint density at radius 2 is 2.00 bits per heavy atom. The van der Waals surface area contributed by atoms with Crippen molar-refractivity contribution in [2.24, 2.45) is 5.92 Å². The molecule has 38 heavy (non-hydrogen) atoms. The number of morpholine rings is 1. The number of hydrogen-bond donors (Lipinski definition) is 2. The first-order chi connectivity index (χ1) is 18.4. The monoisotopic (exact) mass is 514 g/mol. The van der Waals surface area contributed by atoms with Crippen molar-refractivity contribution in [2.75, 3.05) is 50.1 Å². The number of nitrogens with one attached hydrogen (secondary N) is 2. The fourth-order valence-electron chi connectivity index (χ4n) is 4.02. The average molecular weight is 515 g/mol. The fraction of sp³-hybridized carbons (Fsp3) is 0.379. The molecule has 2 aromatic carbocycles. The summed E-state index contributed by atoms with van der Waals surface area (Å²) in [4.78, 5) is 23.5. The number of hydrogen-bond acceptors (Lipinski definition) is 8. The zero-order valence-electron chi connectivity index (χ0n) is 22.2. The van der Waals surface area contributed by atoms with E-state index in [1.54, 1.807) is 38.2 Å². The van der Waals surface area contributed by atoms with Gasteiger partial charge in [-0.2, -0.15) is 5.26 Å². The number of carbonyl (C=O) groups excluding carboxylic acids is 1. The van der Waals surface area contributed by atoms with Crippen molar-refractivity contribution < 1.29 is 14.3 Å². The van der Waals surface area contributed by atoms with Crippen molar-refractivity contribution in [1.82, 2.24) is 14.9 Å². The van der Waals surface area contributed by atoms with Gasteiger partial charge in [0.15, 0.2) is 0 Å². The lowest BCUT2D eigenvalue weighted by molar-refractivity contribution is -0.118. The number of benzene rings is 2. The minimum absolute atomic E-state index is 0.138. The molecule has 9 heteroatoms. The Morgan fingerprint density at radius 3 is 2.76 bits per heavy atom. The molecule has 4 rings (SSSR count). The fourth-order valence-corrected chi connectivity index (χ4v) is 4.02. The van der Waals surface area contributed by atoms with Gasteiger partial charge in [-0.15, -0.1) is 0 Å². The van der Waals surface area contributed by atoms with Crippen molar-refractivity contribution in [3.63, 3.8) is 0 Å². The molecule has 2 heterocycles. The minimum atomic E-state index is -0.181. The molecule has 0 spiro atoms. The standard InChI is InChI=1S/C29H34N6O3/c1-20(2)28(36)33-25-8-6-22(17-23(25)19-30)26-9-10-31-29(34-26)32-24-7-5-21(3)27(18-24)38-14-4-11-35-12-15-37-16-13-35/h5-10,17-18,20H,4,11-16H2,1-3H3,(H,33,36)(H,31,32,34). The number of rotatable bonds is 10. The molecule has 1 aliphatic rings. The zero-order valence-corrected chi connectivity index (χ0v) is 22.2. The van der Waals surface area contributed by atoms with Gasteiger partial charge in [-0.1, -0.05) is 26.0 Å². The van der Waals surface area contributed by atoms with Gasteiger partial charge in [0.25, 0.3) is 0 Å². The molecular formula is C29H34N6O3. The molecule has 1 saturated heterocycles. The van der Waals surface area contributed by atoms with E-state index in [2.05, 4.69) is 31.6 Å². The molecule has 0 radical (unpaired) electrons. The Bertz CT molecular complexity index is 1300. The third-order valence-electron chi connectivity index (χ3n) is 6.30. The van der Waals surface area contributed by atoms with E-state index >= 15 is 0 Å². The maximum Gasteiger partial charge on any atom is 0.227 e. The highest BCUT2D eigenvalue weighted by molar-refractivity contribution is 5.93.